The Morgan fingerprint density at radius 2 is 1.93 bits per heavy atom. The van der Waals surface area contributed by atoms with Crippen LogP contribution in [-0.4, -0.2) is 21.6 Å². The minimum Gasteiger partial charge on any atom is -0.480 e. The van der Waals surface area contributed by atoms with Gasteiger partial charge >= 0.3 is 12.1 Å². The van der Waals surface area contributed by atoms with E-state index in [0.717, 1.165) is 46.2 Å². The van der Waals surface area contributed by atoms with Gasteiger partial charge in [-0.05, 0) is 42.3 Å². The minimum atomic E-state index is -4.58. The number of benzene rings is 2. The normalized spacial score (nSPS) is 12.5. The first-order valence-corrected chi connectivity index (χ1v) is 9.11. The first-order valence-electron chi connectivity index (χ1n) is 8.29. The van der Waals surface area contributed by atoms with E-state index >= 15 is 0 Å². The third-order valence-electron chi connectivity index (χ3n) is 4.08. The number of aromatic nitrogens is 1. The third kappa shape index (κ3) is 4.14. The second-order valence-corrected chi connectivity index (χ2v) is 7.02. The summed E-state index contributed by atoms with van der Waals surface area (Å²) < 4.78 is 40.7. The van der Waals surface area contributed by atoms with Crippen molar-refractivity contribution in [3.63, 3.8) is 0 Å². The first-order chi connectivity index (χ1) is 13.2. The van der Waals surface area contributed by atoms with Crippen LogP contribution in [0.3, 0.4) is 0 Å². The number of aliphatic carboxylic acids is 1. The van der Waals surface area contributed by atoms with Crippen molar-refractivity contribution in [1.29, 1.82) is 0 Å². The van der Waals surface area contributed by atoms with Gasteiger partial charge in [0.2, 0.25) is 0 Å². The number of thiazole rings is 1. The molecule has 1 aromatic heterocycles. The van der Waals surface area contributed by atoms with Gasteiger partial charge < -0.3 is 9.67 Å². The van der Waals surface area contributed by atoms with Crippen molar-refractivity contribution < 1.29 is 27.9 Å². The number of carbonyl (C=O) groups excluding carboxylic acids is 1. The Morgan fingerprint density at radius 1 is 1.18 bits per heavy atom. The lowest BCUT2D eigenvalue weighted by Crippen LogP contribution is -2.21. The quantitative estimate of drug-likeness (QED) is 0.706. The van der Waals surface area contributed by atoms with Crippen LogP contribution in [0, 0.1) is 0 Å². The van der Waals surface area contributed by atoms with Gasteiger partial charge in [0.1, 0.15) is 6.54 Å². The molecule has 0 aliphatic rings. The van der Waals surface area contributed by atoms with Crippen molar-refractivity contribution >= 4 is 33.4 Å². The van der Waals surface area contributed by atoms with Crippen molar-refractivity contribution in [2.45, 2.75) is 26.1 Å². The number of nitrogens with zero attached hydrogens (tertiary/aromatic N) is 2. The highest BCUT2D eigenvalue weighted by molar-refractivity contribution is 7.16. The fourth-order valence-corrected chi connectivity index (χ4v) is 3.78. The molecule has 3 aromatic rings. The van der Waals surface area contributed by atoms with E-state index in [9.17, 15) is 27.9 Å². The molecule has 9 heteroatoms. The van der Waals surface area contributed by atoms with E-state index in [4.69, 9.17) is 0 Å². The second kappa shape index (κ2) is 7.59. The molecule has 3 rings (SSSR count). The number of carboxylic acids is 1. The summed E-state index contributed by atoms with van der Waals surface area (Å²) in [5, 5.41) is 9.18. The average molecular weight is 408 g/mol. The molecule has 0 aliphatic carbocycles. The molecular formula is C19H15F3N2O3S. The number of carboxylic acid groups (broad SMARTS) is 1. The van der Waals surface area contributed by atoms with Gasteiger partial charge in [-0.25, -0.2) is 0 Å². The zero-order valence-corrected chi connectivity index (χ0v) is 15.5. The number of amides is 1. The molecule has 0 fully saturated rings. The highest BCUT2D eigenvalue weighted by atomic mass is 32.1. The molecular weight excluding hydrogens is 393 g/mol. The number of rotatable bonds is 4. The van der Waals surface area contributed by atoms with Crippen molar-refractivity contribution in [3.8, 4) is 0 Å². The van der Waals surface area contributed by atoms with Crippen LogP contribution >= 0.6 is 11.3 Å². The highest BCUT2D eigenvalue weighted by Gasteiger charge is 2.30. The van der Waals surface area contributed by atoms with Gasteiger partial charge in [-0.2, -0.15) is 18.2 Å². The summed E-state index contributed by atoms with van der Waals surface area (Å²) in [5.74, 6) is -1.99. The Kier molecular flexibility index (Phi) is 5.37. The Labute approximate surface area is 161 Å². The van der Waals surface area contributed by atoms with Crippen molar-refractivity contribution in [3.05, 3.63) is 64.0 Å². The first kappa shape index (κ1) is 19.8. The topological polar surface area (TPSA) is 71.7 Å². The Hall–Kier alpha value is -2.94. The zero-order valence-electron chi connectivity index (χ0n) is 14.7. The minimum absolute atomic E-state index is 0.119. The molecule has 2 aromatic carbocycles. The third-order valence-corrected chi connectivity index (χ3v) is 5.12. The lowest BCUT2D eigenvalue weighted by Gasteiger charge is -2.06. The van der Waals surface area contributed by atoms with E-state index < -0.39 is 30.2 Å². The molecule has 0 atom stereocenters. The molecule has 0 saturated heterocycles. The van der Waals surface area contributed by atoms with Crippen LogP contribution < -0.4 is 4.80 Å². The van der Waals surface area contributed by atoms with Crippen LogP contribution in [0.2, 0.25) is 0 Å². The van der Waals surface area contributed by atoms with E-state index in [-0.39, 0.29) is 10.4 Å². The summed E-state index contributed by atoms with van der Waals surface area (Å²) in [6.07, 6.45) is -3.80. The van der Waals surface area contributed by atoms with Crippen LogP contribution in [0.4, 0.5) is 13.2 Å². The number of hydrogen-bond donors (Lipinski definition) is 1. The summed E-state index contributed by atoms with van der Waals surface area (Å²) in [5.41, 5.74) is 0.464. The monoisotopic (exact) mass is 408 g/mol. The fraction of sp³-hybridized carbons (Fsp3) is 0.211. The number of aryl methyl sites for hydroxylation is 1. The van der Waals surface area contributed by atoms with Gasteiger partial charge in [0.05, 0.1) is 15.8 Å². The van der Waals surface area contributed by atoms with Crippen molar-refractivity contribution in [2.75, 3.05) is 0 Å². The van der Waals surface area contributed by atoms with Crippen molar-refractivity contribution in [2.24, 2.45) is 4.99 Å². The Bertz CT molecular complexity index is 1130. The van der Waals surface area contributed by atoms with Crippen LogP contribution in [0.25, 0.3) is 10.2 Å². The SMILES string of the molecule is CCc1ccc2c(c1)s/c(=N\C(=O)c1cccc(C(F)(F)F)c1)n2CC(=O)O. The summed E-state index contributed by atoms with van der Waals surface area (Å²) >= 11 is 1.12. The van der Waals surface area contributed by atoms with Gasteiger partial charge in [0.15, 0.2) is 4.80 Å². The average Bonchev–Trinajstić information content (AvgIpc) is 2.96. The molecule has 0 aliphatic heterocycles. The van der Waals surface area contributed by atoms with E-state index in [1.54, 1.807) is 6.07 Å². The maximum atomic E-state index is 12.9. The van der Waals surface area contributed by atoms with Gasteiger partial charge in [-0.1, -0.05) is 30.4 Å². The molecule has 1 amide bonds. The standard InChI is InChI=1S/C19H15F3N2O3S/c1-2-11-6-7-14-15(8-11)28-18(24(14)10-16(25)26)23-17(27)12-4-3-5-13(9-12)19(20,21)22/h3-9H,2,10H2,1H3,(H,25,26)/b23-18-. The molecule has 0 unspecified atom stereocenters. The predicted octanol–water partition coefficient (Wildman–Crippen LogP) is 4.11. The van der Waals surface area contributed by atoms with Gasteiger partial charge in [0, 0.05) is 5.56 Å². The molecule has 1 N–H and O–H groups in total. The van der Waals surface area contributed by atoms with Gasteiger partial charge in [0.25, 0.3) is 5.91 Å². The number of fused-ring (bicyclic) bond motifs is 1. The summed E-state index contributed by atoms with van der Waals surface area (Å²) in [4.78, 5) is 27.7. The van der Waals surface area contributed by atoms with E-state index in [1.807, 2.05) is 19.1 Å². The Morgan fingerprint density at radius 3 is 2.57 bits per heavy atom. The molecule has 0 radical (unpaired) electrons. The summed E-state index contributed by atoms with van der Waals surface area (Å²) in [7, 11) is 0. The van der Waals surface area contributed by atoms with Crippen LogP contribution in [0.15, 0.2) is 47.5 Å². The summed E-state index contributed by atoms with van der Waals surface area (Å²) in [6.45, 7) is 1.56. The fourth-order valence-electron chi connectivity index (χ4n) is 2.69. The molecule has 1 heterocycles. The predicted molar refractivity (Wildman–Crippen MR) is 98.2 cm³/mol. The maximum absolute atomic E-state index is 12.9. The smallest absolute Gasteiger partial charge is 0.416 e. The van der Waals surface area contributed by atoms with Crippen LogP contribution in [0.5, 0.6) is 0 Å². The highest BCUT2D eigenvalue weighted by Crippen LogP contribution is 2.29. The molecule has 0 spiro atoms. The molecule has 146 valence electrons. The lowest BCUT2D eigenvalue weighted by atomic mass is 10.1. The van der Waals surface area contributed by atoms with Crippen molar-refractivity contribution in [1.82, 2.24) is 4.57 Å². The zero-order chi connectivity index (χ0) is 20.5. The maximum Gasteiger partial charge on any atom is 0.416 e. The Balaban J connectivity index is 2.12. The molecule has 0 bridgehead atoms. The molecule has 28 heavy (non-hydrogen) atoms. The second-order valence-electron chi connectivity index (χ2n) is 6.02. The van der Waals surface area contributed by atoms with E-state index in [1.165, 1.54) is 10.6 Å². The van der Waals surface area contributed by atoms with Crippen LogP contribution in [-0.2, 0) is 23.9 Å². The largest absolute Gasteiger partial charge is 0.480 e. The van der Waals surface area contributed by atoms with Gasteiger partial charge in [-0.3, -0.25) is 9.59 Å². The number of hydrogen-bond acceptors (Lipinski definition) is 3. The number of alkyl halides is 3. The molecule has 0 saturated carbocycles. The molecule has 5 nitrogen and oxygen atoms in total. The van der Waals surface area contributed by atoms with Gasteiger partial charge in [-0.15, -0.1) is 0 Å². The van der Waals surface area contributed by atoms with E-state index in [2.05, 4.69) is 4.99 Å². The van der Waals surface area contributed by atoms with E-state index in [0.29, 0.717) is 5.52 Å². The van der Waals surface area contributed by atoms with Crippen LogP contribution in [0.1, 0.15) is 28.4 Å². The lowest BCUT2D eigenvalue weighted by molar-refractivity contribution is -0.138. The number of carbonyl (C=O) groups is 2. The number of halogens is 3. The summed E-state index contributed by atoms with van der Waals surface area (Å²) in [6, 6.07) is 9.46.